The number of methoxy groups -OCH3 is 1. The molecule has 176 valence electrons. The highest BCUT2D eigenvalue weighted by molar-refractivity contribution is 7.92. The summed E-state index contributed by atoms with van der Waals surface area (Å²) in [6, 6.07) is 18.0. The summed E-state index contributed by atoms with van der Waals surface area (Å²) in [4.78, 5) is 17.7. The summed E-state index contributed by atoms with van der Waals surface area (Å²) < 4.78 is 41.1. The number of amides is 1. The van der Waals surface area contributed by atoms with Crippen molar-refractivity contribution in [1.29, 1.82) is 0 Å². The van der Waals surface area contributed by atoms with Crippen LogP contribution in [0, 0.1) is 0 Å². The first-order valence-corrected chi connectivity index (χ1v) is 12.7. The first-order valence-electron chi connectivity index (χ1n) is 10.4. The number of nitrogens with one attached hydrogen (secondary N) is 1. The Morgan fingerprint density at radius 3 is 2.35 bits per heavy atom. The fraction of sp³-hybridized carbons (Fsp3) is 0.167. The van der Waals surface area contributed by atoms with Crippen molar-refractivity contribution in [2.45, 2.75) is 11.8 Å². The van der Waals surface area contributed by atoms with Crippen LogP contribution in [0.15, 0.2) is 76.6 Å². The number of thiazole rings is 1. The number of carbonyl (C=O) groups excluding carboxylic acids is 1. The Morgan fingerprint density at radius 2 is 1.71 bits per heavy atom. The van der Waals surface area contributed by atoms with Crippen LogP contribution in [-0.2, 0) is 17.1 Å². The molecule has 1 amide bonds. The smallest absolute Gasteiger partial charge is 0.279 e. The number of fused-ring (bicyclic) bond motifs is 1. The lowest BCUT2D eigenvalue weighted by molar-refractivity contribution is 0.0998. The van der Waals surface area contributed by atoms with Crippen LogP contribution in [0.2, 0.25) is 0 Å². The number of aromatic nitrogens is 1. The molecule has 4 aromatic rings. The molecule has 0 atom stereocenters. The lowest BCUT2D eigenvalue weighted by atomic mass is 10.2. The van der Waals surface area contributed by atoms with Crippen molar-refractivity contribution in [3.63, 3.8) is 0 Å². The van der Waals surface area contributed by atoms with Gasteiger partial charge in [0.05, 0.1) is 28.8 Å². The Morgan fingerprint density at radius 1 is 1.03 bits per heavy atom. The van der Waals surface area contributed by atoms with Gasteiger partial charge in [-0.05, 0) is 73.7 Å². The molecule has 34 heavy (non-hydrogen) atoms. The van der Waals surface area contributed by atoms with E-state index >= 15 is 0 Å². The molecule has 0 fully saturated rings. The van der Waals surface area contributed by atoms with E-state index in [0.29, 0.717) is 28.4 Å². The van der Waals surface area contributed by atoms with Crippen LogP contribution < -0.4 is 19.0 Å². The number of nitrogens with zero attached hydrogens (tertiary/aromatic N) is 2. The zero-order chi connectivity index (χ0) is 24.3. The molecule has 1 N–H and O–H groups in total. The Kier molecular flexibility index (Phi) is 6.71. The lowest BCUT2D eigenvalue weighted by Crippen LogP contribution is -2.14. The first-order chi connectivity index (χ1) is 16.3. The van der Waals surface area contributed by atoms with E-state index in [9.17, 15) is 13.2 Å². The van der Waals surface area contributed by atoms with Gasteiger partial charge < -0.3 is 14.0 Å². The zero-order valence-electron chi connectivity index (χ0n) is 18.8. The summed E-state index contributed by atoms with van der Waals surface area (Å²) in [6.45, 7) is 2.50. The maximum Gasteiger partial charge on any atom is 0.279 e. The first kappa shape index (κ1) is 23.5. The molecule has 8 nitrogen and oxygen atoms in total. The number of hydrogen-bond acceptors (Lipinski definition) is 6. The Bertz CT molecular complexity index is 1500. The minimum Gasteiger partial charge on any atom is -0.497 e. The molecule has 0 saturated heterocycles. The number of aryl methyl sites for hydroxylation is 1. The maximum atomic E-state index is 12.7. The van der Waals surface area contributed by atoms with Gasteiger partial charge in [-0.25, -0.2) is 8.42 Å². The topological polar surface area (TPSA) is 99.0 Å². The number of anilines is 1. The molecule has 0 radical (unpaired) electrons. The van der Waals surface area contributed by atoms with Gasteiger partial charge in [-0.15, -0.1) is 0 Å². The minimum absolute atomic E-state index is 0.105. The number of rotatable bonds is 7. The monoisotopic (exact) mass is 497 g/mol. The molecule has 0 saturated carbocycles. The van der Waals surface area contributed by atoms with E-state index in [1.165, 1.54) is 54.8 Å². The highest BCUT2D eigenvalue weighted by Crippen LogP contribution is 2.23. The van der Waals surface area contributed by atoms with Crippen LogP contribution in [0.3, 0.4) is 0 Å². The molecule has 1 heterocycles. The molecular formula is C24H23N3O5S2. The van der Waals surface area contributed by atoms with Crippen molar-refractivity contribution < 1.29 is 22.7 Å². The molecule has 0 aliphatic rings. The fourth-order valence-electron chi connectivity index (χ4n) is 3.28. The van der Waals surface area contributed by atoms with Crippen LogP contribution in [0.1, 0.15) is 17.3 Å². The molecule has 4 rings (SSSR count). The molecule has 1 aromatic heterocycles. The molecule has 0 spiro atoms. The number of sulfonamides is 1. The van der Waals surface area contributed by atoms with Crippen LogP contribution in [0.4, 0.5) is 5.69 Å². The number of ether oxygens (including phenoxy) is 2. The van der Waals surface area contributed by atoms with Gasteiger partial charge in [0.1, 0.15) is 11.5 Å². The second-order valence-electron chi connectivity index (χ2n) is 7.28. The molecule has 0 bridgehead atoms. The molecule has 0 aliphatic carbocycles. The Labute approximate surface area is 201 Å². The lowest BCUT2D eigenvalue weighted by Gasteiger charge is -2.09. The van der Waals surface area contributed by atoms with Gasteiger partial charge in [0.15, 0.2) is 4.80 Å². The van der Waals surface area contributed by atoms with Crippen LogP contribution in [0.5, 0.6) is 11.5 Å². The van der Waals surface area contributed by atoms with Crippen molar-refractivity contribution in [1.82, 2.24) is 4.57 Å². The van der Waals surface area contributed by atoms with Gasteiger partial charge in [-0.2, -0.15) is 4.99 Å². The van der Waals surface area contributed by atoms with Crippen molar-refractivity contribution >= 4 is 43.2 Å². The van der Waals surface area contributed by atoms with Crippen LogP contribution in [-0.4, -0.2) is 32.6 Å². The fourth-order valence-corrected chi connectivity index (χ4v) is 5.38. The molecule has 10 heteroatoms. The zero-order valence-corrected chi connectivity index (χ0v) is 20.4. The molecule has 0 unspecified atom stereocenters. The average Bonchev–Trinajstić information content (AvgIpc) is 3.14. The minimum atomic E-state index is -3.77. The summed E-state index contributed by atoms with van der Waals surface area (Å²) in [7, 11) is -0.415. The summed E-state index contributed by atoms with van der Waals surface area (Å²) in [5.41, 5.74) is 1.63. The predicted molar refractivity (Wildman–Crippen MR) is 132 cm³/mol. The third-order valence-corrected chi connectivity index (χ3v) is 7.53. The number of carbonyl (C=O) groups is 1. The SMILES string of the molecule is CCOc1ccc2c(c1)sc(=NC(=O)c1ccc(NS(=O)(=O)c3ccc(OC)cc3)cc1)n2C. The molecular weight excluding hydrogens is 474 g/mol. The molecule has 3 aromatic carbocycles. The quantitative estimate of drug-likeness (QED) is 0.413. The highest BCUT2D eigenvalue weighted by atomic mass is 32.2. The van der Waals surface area contributed by atoms with Crippen molar-refractivity contribution in [3.05, 3.63) is 77.1 Å². The number of benzene rings is 3. The van der Waals surface area contributed by atoms with Gasteiger partial charge in [-0.3, -0.25) is 9.52 Å². The van der Waals surface area contributed by atoms with Crippen molar-refractivity contribution in [3.8, 4) is 11.5 Å². The van der Waals surface area contributed by atoms with E-state index in [4.69, 9.17) is 9.47 Å². The summed E-state index contributed by atoms with van der Waals surface area (Å²) in [5, 5.41) is 0. The van der Waals surface area contributed by atoms with E-state index < -0.39 is 15.9 Å². The number of hydrogen-bond donors (Lipinski definition) is 1. The van der Waals surface area contributed by atoms with Gasteiger partial charge in [0.25, 0.3) is 15.9 Å². The van der Waals surface area contributed by atoms with E-state index in [1.807, 2.05) is 36.7 Å². The van der Waals surface area contributed by atoms with Crippen LogP contribution >= 0.6 is 11.3 Å². The van der Waals surface area contributed by atoms with E-state index in [2.05, 4.69) is 9.71 Å². The predicted octanol–water partition coefficient (Wildman–Crippen LogP) is 4.19. The second kappa shape index (κ2) is 9.70. The largest absolute Gasteiger partial charge is 0.497 e. The van der Waals surface area contributed by atoms with Crippen molar-refractivity contribution in [2.75, 3.05) is 18.4 Å². The third kappa shape index (κ3) is 4.97. The normalized spacial score (nSPS) is 12.0. The van der Waals surface area contributed by atoms with Crippen molar-refractivity contribution in [2.24, 2.45) is 12.0 Å². The Balaban J connectivity index is 1.54. The summed E-state index contributed by atoms with van der Waals surface area (Å²) in [5.74, 6) is 0.909. The van der Waals surface area contributed by atoms with Gasteiger partial charge in [0, 0.05) is 18.3 Å². The summed E-state index contributed by atoms with van der Waals surface area (Å²) in [6.07, 6.45) is 0. The standard InChI is InChI=1S/C24H23N3O5S2/c1-4-32-19-11-14-21-22(15-19)33-24(27(21)2)25-23(28)16-5-7-17(8-6-16)26-34(29,30)20-12-9-18(31-3)10-13-20/h5-15,26H,4H2,1-3H3. The maximum absolute atomic E-state index is 12.7. The second-order valence-corrected chi connectivity index (χ2v) is 9.97. The van der Waals surface area contributed by atoms with Gasteiger partial charge >= 0.3 is 0 Å². The average molecular weight is 498 g/mol. The van der Waals surface area contributed by atoms with Gasteiger partial charge in [-0.1, -0.05) is 11.3 Å². The van der Waals surface area contributed by atoms with E-state index in [1.54, 1.807) is 12.1 Å². The van der Waals surface area contributed by atoms with Crippen LogP contribution in [0.25, 0.3) is 10.2 Å². The Hall–Kier alpha value is -3.63. The van der Waals surface area contributed by atoms with Gasteiger partial charge in [0.2, 0.25) is 0 Å². The highest BCUT2D eigenvalue weighted by Gasteiger charge is 2.15. The molecule has 0 aliphatic heterocycles. The van der Waals surface area contributed by atoms with E-state index in [-0.39, 0.29) is 4.90 Å². The van der Waals surface area contributed by atoms with E-state index in [0.717, 1.165) is 16.0 Å². The summed E-state index contributed by atoms with van der Waals surface area (Å²) >= 11 is 1.39. The third-order valence-electron chi connectivity index (χ3n) is 5.04.